The quantitative estimate of drug-likeness (QED) is 0.489. The highest BCUT2D eigenvalue weighted by Crippen LogP contribution is 2.25. The fourth-order valence-electron chi connectivity index (χ4n) is 1.58. The van der Waals surface area contributed by atoms with E-state index in [1.165, 1.54) is 31.4 Å². The summed E-state index contributed by atoms with van der Waals surface area (Å²) in [4.78, 5) is 19.5. The number of rotatable bonds is 3. The van der Waals surface area contributed by atoms with E-state index in [0.29, 0.717) is 5.75 Å². The molecule has 0 atom stereocenters. The van der Waals surface area contributed by atoms with Crippen molar-refractivity contribution in [2.45, 2.75) is 0 Å². The van der Waals surface area contributed by atoms with Gasteiger partial charge in [-0.1, -0.05) is 0 Å². The predicted octanol–water partition coefficient (Wildman–Crippen LogP) is 2.23. The van der Waals surface area contributed by atoms with E-state index in [4.69, 9.17) is 21.5 Å². The van der Waals surface area contributed by atoms with Gasteiger partial charge in [-0.15, -0.1) is 0 Å². The van der Waals surface area contributed by atoms with E-state index >= 15 is 0 Å². The van der Waals surface area contributed by atoms with Gasteiger partial charge < -0.3 is 16.2 Å². The summed E-state index contributed by atoms with van der Waals surface area (Å²) in [5, 5.41) is 29.1. The normalized spacial score (nSPS) is 9.17. The average molecular weight is 331 g/mol. The molecule has 124 valence electrons. The molecule has 0 amide bonds. The lowest BCUT2D eigenvalue weighted by molar-refractivity contribution is -0.384. The summed E-state index contributed by atoms with van der Waals surface area (Å²) in [5.74, 6) is 0.427. The molecule has 0 aromatic heterocycles. The molecule has 2 aromatic carbocycles. The molecule has 0 bridgehead atoms. The molecule has 0 saturated heterocycles. The van der Waals surface area contributed by atoms with Crippen molar-refractivity contribution in [3.05, 3.63) is 62.2 Å². The van der Waals surface area contributed by atoms with Gasteiger partial charge in [0.1, 0.15) is 17.1 Å². The number of ether oxygens (including phenoxy) is 1. The van der Waals surface area contributed by atoms with Crippen LogP contribution in [-0.4, -0.2) is 17.0 Å². The van der Waals surface area contributed by atoms with Crippen LogP contribution in [0.1, 0.15) is 5.56 Å². The molecule has 0 heterocycles. The number of nitro benzene ring substituents is 2. The molecule has 0 radical (unpaired) electrons. The third kappa shape index (κ3) is 4.57. The highest BCUT2D eigenvalue weighted by molar-refractivity contribution is 5.61. The molecule has 0 saturated carbocycles. The lowest BCUT2D eigenvalue weighted by atomic mass is 10.2. The van der Waals surface area contributed by atoms with E-state index in [2.05, 4.69) is 0 Å². The molecule has 24 heavy (non-hydrogen) atoms. The minimum atomic E-state index is -0.615. The van der Waals surface area contributed by atoms with Gasteiger partial charge in [0.2, 0.25) is 0 Å². The van der Waals surface area contributed by atoms with Crippen LogP contribution in [0.2, 0.25) is 0 Å². The number of benzene rings is 2. The van der Waals surface area contributed by atoms with Gasteiger partial charge in [0.15, 0.2) is 0 Å². The maximum absolute atomic E-state index is 10.4. The molecule has 0 aliphatic heterocycles. The van der Waals surface area contributed by atoms with Crippen molar-refractivity contribution in [3.8, 4) is 11.8 Å². The molecular weight excluding hydrogens is 318 g/mol. The number of nitriles is 1. The predicted molar refractivity (Wildman–Crippen MR) is 86.3 cm³/mol. The third-order valence-electron chi connectivity index (χ3n) is 2.79. The van der Waals surface area contributed by atoms with Crippen LogP contribution in [0.4, 0.5) is 22.7 Å². The molecule has 10 heteroatoms. The smallest absolute Gasteiger partial charge is 0.295 e. The summed E-state index contributed by atoms with van der Waals surface area (Å²) in [7, 11) is 1.44. The van der Waals surface area contributed by atoms with E-state index in [9.17, 15) is 20.2 Å². The number of nitrogens with two attached hydrogens (primary N) is 2. The first-order valence-electron chi connectivity index (χ1n) is 6.32. The van der Waals surface area contributed by atoms with Gasteiger partial charge in [0.25, 0.3) is 11.4 Å². The van der Waals surface area contributed by atoms with E-state index in [1.54, 1.807) is 12.1 Å². The second-order valence-electron chi connectivity index (χ2n) is 4.32. The number of nitrogens with zero attached hydrogens (tertiary/aromatic N) is 3. The SMILES string of the molecule is COc1ccc(N)c([N+](=O)[O-])c1.N#Cc1ccc(N)c([N+](=O)[O-])c1. The number of hydrogen-bond acceptors (Lipinski definition) is 8. The lowest BCUT2D eigenvalue weighted by Crippen LogP contribution is -1.95. The highest BCUT2D eigenvalue weighted by atomic mass is 16.6. The molecule has 0 aliphatic carbocycles. The average Bonchev–Trinajstić information content (AvgIpc) is 2.56. The van der Waals surface area contributed by atoms with Crippen LogP contribution in [0, 0.1) is 31.6 Å². The van der Waals surface area contributed by atoms with Gasteiger partial charge in [-0.2, -0.15) is 5.26 Å². The van der Waals surface area contributed by atoms with E-state index in [0.717, 1.165) is 6.07 Å². The Morgan fingerprint density at radius 1 is 1.00 bits per heavy atom. The molecule has 0 unspecified atom stereocenters. The Balaban J connectivity index is 0.000000240. The fraction of sp³-hybridized carbons (Fsp3) is 0.0714. The van der Waals surface area contributed by atoms with Gasteiger partial charge in [-0.05, 0) is 24.3 Å². The first-order chi connectivity index (χ1) is 11.3. The maximum Gasteiger partial charge on any atom is 0.295 e. The van der Waals surface area contributed by atoms with Crippen LogP contribution in [0.15, 0.2) is 36.4 Å². The Morgan fingerprint density at radius 3 is 1.96 bits per heavy atom. The van der Waals surface area contributed by atoms with Crippen molar-refractivity contribution in [1.82, 2.24) is 0 Å². The molecule has 0 fully saturated rings. The minimum absolute atomic E-state index is 0.0685. The van der Waals surface area contributed by atoms with Gasteiger partial charge in [-0.3, -0.25) is 20.2 Å². The lowest BCUT2D eigenvalue weighted by Gasteiger charge is -2.00. The summed E-state index contributed by atoms with van der Waals surface area (Å²) in [6.45, 7) is 0. The van der Waals surface area contributed by atoms with Crippen LogP contribution < -0.4 is 16.2 Å². The number of anilines is 2. The van der Waals surface area contributed by atoms with Gasteiger partial charge in [0, 0.05) is 6.07 Å². The first kappa shape index (κ1) is 18.2. The second kappa shape index (κ2) is 7.95. The zero-order chi connectivity index (χ0) is 18.3. The summed E-state index contributed by atoms with van der Waals surface area (Å²) >= 11 is 0. The number of nitro groups is 2. The summed E-state index contributed by atoms with van der Waals surface area (Å²) in [6.07, 6.45) is 0. The van der Waals surface area contributed by atoms with Crippen molar-refractivity contribution >= 4 is 22.7 Å². The van der Waals surface area contributed by atoms with Crippen molar-refractivity contribution in [3.63, 3.8) is 0 Å². The van der Waals surface area contributed by atoms with Crippen molar-refractivity contribution in [2.24, 2.45) is 0 Å². The monoisotopic (exact) mass is 331 g/mol. The Hall–Kier alpha value is -3.87. The van der Waals surface area contributed by atoms with Crippen molar-refractivity contribution < 1.29 is 14.6 Å². The van der Waals surface area contributed by atoms with E-state index in [-0.39, 0.29) is 28.3 Å². The van der Waals surface area contributed by atoms with Crippen LogP contribution in [0.5, 0.6) is 5.75 Å². The van der Waals surface area contributed by atoms with E-state index in [1.807, 2.05) is 0 Å². The number of hydrogen-bond donors (Lipinski definition) is 2. The van der Waals surface area contributed by atoms with Gasteiger partial charge in [-0.25, -0.2) is 0 Å². The summed E-state index contributed by atoms with van der Waals surface area (Å²) in [5.41, 5.74) is 10.7. The van der Waals surface area contributed by atoms with Gasteiger partial charge >= 0.3 is 0 Å². The topological polar surface area (TPSA) is 171 Å². The molecule has 2 rings (SSSR count). The van der Waals surface area contributed by atoms with Crippen LogP contribution in [0.3, 0.4) is 0 Å². The Morgan fingerprint density at radius 2 is 1.50 bits per heavy atom. The molecule has 4 N–H and O–H groups in total. The maximum atomic E-state index is 10.4. The second-order valence-corrected chi connectivity index (χ2v) is 4.32. The fourth-order valence-corrected chi connectivity index (χ4v) is 1.58. The van der Waals surface area contributed by atoms with Crippen molar-refractivity contribution in [1.29, 1.82) is 5.26 Å². The zero-order valence-electron chi connectivity index (χ0n) is 12.5. The zero-order valence-corrected chi connectivity index (χ0v) is 12.5. The molecule has 0 aliphatic rings. The van der Waals surface area contributed by atoms with Crippen molar-refractivity contribution in [2.75, 3.05) is 18.6 Å². The summed E-state index contributed by atoms with van der Waals surface area (Å²) in [6, 6.07) is 10.0. The molecular formula is C14H13N5O5. The Labute approximate surface area is 136 Å². The van der Waals surface area contributed by atoms with Gasteiger partial charge in [0.05, 0.1) is 34.7 Å². The van der Waals surface area contributed by atoms with Crippen LogP contribution in [-0.2, 0) is 0 Å². The molecule has 10 nitrogen and oxygen atoms in total. The molecule has 2 aromatic rings. The van der Waals surface area contributed by atoms with Crippen LogP contribution >= 0.6 is 0 Å². The van der Waals surface area contributed by atoms with Crippen LogP contribution in [0.25, 0.3) is 0 Å². The van der Waals surface area contributed by atoms with E-state index < -0.39 is 9.85 Å². The molecule has 0 spiro atoms. The first-order valence-corrected chi connectivity index (χ1v) is 6.32. The number of nitrogen functional groups attached to an aromatic ring is 2. The minimum Gasteiger partial charge on any atom is -0.496 e. The Kier molecular flexibility index (Phi) is 6.02. The number of methoxy groups -OCH3 is 1. The Bertz CT molecular complexity index is 816. The standard InChI is InChI=1S/C7H5N3O2.C7H8N2O3/c8-4-5-1-2-6(9)7(3-5)10(11)12;1-12-5-2-3-6(8)7(4-5)9(10)11/h1-3H,9H2;2-4H,8H2,1H3. The third-order valence-corrected chi connectivity index (χ3v) is 2.79. The largest absolute Gasteiger partial charge is 0.496 e. The highest BCUT2D eigenvalue weighted by Gasteiger charge is 2.12. The summed E-state index contributed by atoms with van der Waals surface area (Å²) < 4.78 is 4.80.